The first-order valence-electron chi connectivity index (χ1n) is 4.16. The second-order valence-corrected chi connectivity index (χ2v) is 2.46. The van der Waals surface area contributed by atoms with Gasteiger partial charge in [0.2, 0.25) is 0 Å². The summed E-state index contributed by atoms with van der Waals surface area (Å²) in [7, 11) is 0. The van der Waals surface area contributed by atoms with E-state index in [-0.39, 0.29) is 12.4 Å². The van der Waals surface area contributed by atoms with Crippen LogP contribution in [0.15, 0.2) is 24.5 Å². The number of carbonyl (C=O) groups excluding carboxylic acids is 1. The summed E-state index contributed by atoms with van der Waals surface area (Å²) >= 11 is 0. The highest BCUT2D eigenvalue weighted by Gasteiger charge is 2.05. The number of nitrogens with one attached hydrogen (secondary N) is 2. The highest BCUT2D eigenvalue weighted by atomic mass is 16.5. The van der Waals surface area contributed by atoms with E-state index in [2.05, 4.69) is 15.0 Å². The van der Waals surface area contributed by atoms with Crippen LogP contribution in [0.1, 0.15) is 12.5 Å². The van der Waals surface area contributed by atoms with E-state index >= 15 is 0 Å². The Morgan fingerprint density at radius 3 is 3.07 bits per heavy atom. The Morgan fingerprint density at radius 1 is 1.71 bits per heavy atom. The number of rotatable bonds is 2. The highest BCUT2D eigenvalue weighted by Crippen LogP contribution is 1.94. The summed E-state index contributed by atoms with van der Waals surface area (Å²) in [5.41, 5.74) is 0.542. The Hall–Kier alpha value is -1.91. The standard InChI is InChI=1S/C9H11N3O2/c1-2-14-9(13)12-8(10)7-4-3-5-11-6-7/h3-6H,2H2,1H3,(H2,10,12,13). The van der Waals surface area contributed by atoms with Crippen LogP contribution in [0, 0.1) is 5.41 Å². The molecule has 74 valence electrons. The number of amidine groups is 1. The molecule has 0 saturated carbocycles. The second-order valence-electron chi connectivity index (χ2n) is 2.46. The lowest BCUT2D eigenvalue weighted by Crippen LogP contribution is -2.31. The molecule has 1 amide bonds. The van der Waals surface area contributed by atoms with E-state index in [0.717, 1.165) is 0 Å². The van der Waals surface area contributed by atoms with Crippen molar-refractivity contribution >= 4 is 11.9 Å². The minimum Gasteiger partial charge on any atom is -0.450 e. The van der Waals surface area contributed by atoms with Gasteiger partial charge in [0.25, 0.3) is 0 Å². The Morgan fingerprint density at radius 2 is 2.50 bits per heavy atom. The smallest absolute Gasteiger partial charge is 0.412 e. The van der Waals surface area contributed by atoms with Crippen molar-refractivity contribution in [3.8, 4) is 0 Å². The number of hydrogen-bond acceptors (Lipinski definition) is 4. The molecular weight excluding hydrogens is 182 g/mol. The number of pyridine rings is 1. The van der Waals surface area contributed by atoms with Gasteiger partial charge in [0.05, 0.1) is 6.61 Å². The lowest BCUT2D eigenvalue weighted by Gasteiger charge is -2.05. The topological polar surface area (TPSA) is 75.1 Å². The molecule has 0 aliphatic carbocycles. The normalized spacial score (nSPS) is 9.21. The molecule has 5 heteroatoms. The van der Waals surface area contributed by atoms with Crippen LogP contribution in [0.5, 0.6) is 0 Å². The number of alkyl carbamates (subject to hydrolysis) is 1. The summed E-state index contributed by atoms with van der Waals surface area (Å²) in [5.74, 6) is -0.0171. The maximum absolute atomic E-state index is 10.9. The molecule has 5 nitrogen and oxygen atoms in total. The molecule has 1 aromatic rings. The Bertz CT molecular complexity index is 324. The fourth-order valence-electron chi connectivity index (χ4n) is 0.852. The zero-order chi connectivity index (χ0) is 10.4. The molecule has 0 aliphatic rings. The third-order valence-corrected chi connectivity index (χ3v) is 1.45. The van der Waals surface area contributed by atoms with Crippen molar-refractivity contribution < 1.29 is 9.53 Å². The van der Waals surface area contributed by atoms with Gasteiger partial charge in [-0.2, -0.15) is 0 Å². The third kappa shape index (κ3) is 2.85. The van der Waals surface area contributed by atoms with Crippen LogP contribution in [0.25, 0.3) is 0 Å². The number of amides is 1. The van der Waals surface area contributed by atoms with E-state index in [9.17, 15) is 4.79 Å². The van der Waals surface area contributed by atoms with Gasteiger partial charge in [0, 0.05) is 18.0 Å². The van der Waals surface area contributed by atoms with Crippen LogP contribution in [0.2, 0.25) is 0 Å². The van der Waals surface area contributed by atoms with Gasteiger partial charge in [-0.05, 0) is 19.1 Å². The second kappa shape index (κ2) is 4.96. The summed E-state index contributed by atoms with van der Waals surface area (Å²) in [6.45, 7) is 1.99. The van der Waals surface area contributed by atoms with E-state index in [1.54, 1.807) is 25.3 Å². The molecule has 1 heterocycles. The van der Waals surface area contributed by atoms with Crippen LogP contribution in [0.4, 0.5) is 4.79 Å². The average Bonchev–Trinajstić information content (AvgIpc) is 2.19. The van der Waals surface area contributed by atoms with Crippen molar-refractivity contribution in [3.63, 3.8) is 0 Å². The number of hydrogen-bond donors (Lipinski definition) is 2. The molecule has 0 saturated heterocycles. The summed E-state index contributed by atoms with van der Waals surface area (Å²) in [5, 5.41) is 9.77. The monoisotopic (exact) mass is 193 g/mol. The Balaban J connectivity index is 2.55. The predicted octanol–water partition coefficient (Wildman–Crippen LogP) is 1.15. The first-order valence-corrected chi connectivity index (χ1v) is 4.16. The van der Waals surface area contributed by atoms with Gasteiger partial charge >= 0.3 is 6.09 Å². The van der Waals surface area contributed by atoms with E-state index in [1.165, 1.54) is 6.20 Å². The van der Waals surface area contributed by atoms with Crippen molar-refractivity contribution in [3.05, 3.63) is 30.1 Å². The minimum atomic E-state index is -0.624. The van der Waals surface area contributed by atoms with Crippen molar-refractivity contribution in [2.75, 3.05) is 6.61 Å². The third-order valence-electron chi connectivity index (χ3n) is 1.45. The lowest BCUT2D eigenvalue weighted by molar-refractivity contribution is 0.158. The van der Waals surface area contributed by atoms with Crippen molar-refractivity contribution in [1.82, 2.24) is 10.3 Å². The van der Waals surface area contributed by atoms with Gasteiger partial charge in [-0.15, -0.1) is 0 Å². The zero-order valence-corrected chi connectivity index (χ0v) is 7.78. The van der Waals surface area contributed by atoms with Crippen molar-refractivity contribution in [2.24, 2.45) is 0 Å². The van der Waals surface area contributed by atoms with Gasteiger partial charge in [-0.25, -0.2) is 4.79 Å². The molecule has 0 aromatic carbocycles. The average molecular weight is 193 g/mol. The molecule has 0 radical (unpaired) electrons. The van der Waals surface area contributed by atoms with E-state index < -0.39 is 6.09 Å². The molecule has 14 heavy (non-hydrogen) atoms. The SMILES string of the molecule is CCOC(=O)NC(=N)c1cccnc1. The van der Waals surface area contributed by atoms with Crippen LogP contribution in [-0.2, 0) is 4.74 Å². The van der Waals surface area contributed by atoms with Crippen molar-refractivity contribution in [2.45, 2.75) is 6.92 Å². The molecule has 1 rings (SSSR count). The van der Waals surface area contributed by atoms with Gasteiger partial charge < -0.3 is 4.74 Å². The molecule has 0 bridgehead atoms. The molecule has 1 aromatic heterocycles. The molecule has 2 N–H and O–H groups in total. The van der Waals surface area contributed by atoms with E-state index in [1.807, 2.05) is 0 Å². The fraction of sp³-hybridized carbons (Fsp3) is 0.222. The summed E-state index contributed by atoms with van der Waals surface area (Å²) in [6, 6.07) is 3.37. The number of carbonyl (C=O) groups is 1. The van der Waals surface area contributed by atoms with Gasteiger partial charge in [0.1, 0.15) is 5.84 Å². The number of ether oxygens (including phenoxy) is 1. The molecule has 0 aliphatic heterocycles. The van der Waals surface area contributed by atoms with Crippen LogP contribution < -0.4 is 5.32 Å². The van der Waals surface area contributed by atoms with Gasteiger partial charge in [-0.1, -0.05) is 0 Å². The summed E-state index contributed by atoms with van der Waals surface area (Å²) in [6.07, 6.45) is 2.47. The largest absolute Gasteiger partial charge is 0.450 e. The fourth-order valence-corrected chi connectivity index (χ4v) is 0.852. The lowest BCUT2D eigenvalue weighted by atomic mass is 10.3. The molecule has 0 spiro atoms. The number of aromatic nitrogens is 1. The maximum atomic E-state index is 10.9. The number of nitrogens with zero attached hydrogens (tertiary/aromatic N) is 1. The Kier molecular flexibility index (Phi) is 3.60. The van der Waals surface area contributed by atoms with Crippen LogP contribution >= 0.6 is 0 Å². The summed E-state index contributed by atoms with van der Waals surface area (Å²) in [4.78, 5) is 14.8. The molecule has 0 fully saturated rings. The quantitative estimate of drug-likeness (QED) is 0.546. The predicted molar refractivity (Wildman–Crippen MR) is 51.2 cm³/mol. The van der Waals surface area contributed by atoms with E-state index in [4.69, 9.17) is 5.41 Å². The first-order chi connectivity index (χ1) is 6.74. The van der Waals surface area contributed by atoms with Crippen LogP contribution in [-0.4, -0.2) is 23.5 Å². The van der Waals surface area contributed by atoms with Crippen molar-refractivity contribution in [1.29, 1.82) is 5.41 Å². The van der Waals surface area contributed by atoms with Crippen LogP contribution in [0.3, 0.4) is 0 Å². The summed E-state index contributed by atoms with van der Waals surface area (Å²) < 4.78 is 4.62. The molecule has 0 unspecified atom stereocenters. The Labute approximate surface area is 81.6 Å². The van der Waals surface area contributed by atoms with Gasteiger partial charge in [0.15, 0.2) is 0 Å². The maximum Gasteiger partial charge on any atom is 0.412 e. The molecule has 0 atom stereocenters. The minimum absolute atomic E-state index is 0.0171. The highest BCUT2D eigenvalue weighted by molar-refractivity contribution is 6.04. The van der Waals surface area contributed by atoms with Gasteiger partial charge in [-0.3, -0.25) is 15.7 Å². The molecular formula is C9H11N3O2. The van der Waals surface area contributed by atoms with E-state index in [0.29, 0.717) is 5.56 Å². The zero-order valence-electron chi connectivity index (χ0n) is 7.78. The first kappa shape index (κ1) is 10.2.